The summed E-state index contributed by atoms with van der Waals surface area (Å²) in [4.78, 5) is 17.3. The summed E-state index contributed by atoms with van der Waals surface area (Å²) in [5.41, 5.74) is 3.59. The van der Waals surface area contributed by atoms with Crippen molar-refractivity contribution in [1.82, 2.24) is 4.98 Å². The van der Waals surface area contributed by atoms with Crippen LogP contribution in [0.4, 0.5) is 5.69 Å². The molecule has 0 aliphatic carbocycles. The van der Waals surface area contributed by atoms with E-state index in [1.165, 1.54) is 0 Å². The maximum Gasteiger partial charge on any atom is 0.259 e. The van der Waals surface area contributed by atoms with Gasteiger partial charge in [0.25, 0.3) is 5.91 Å². The highest BCUT2D eigenvalue weighted by atomic mass is 16.5. The number of methoxy groups -OCH3 is 1. The van der Waals surface area contributed by atoms with Gasteiger partial charge in [-0.2, -0.15) is 0 Å². The van der Waals surface area contributed by atoms with Crippen LogP contribution in [-0.4, -0.2) is 18.0 Å². The number of benzene rings is 4. The first-order valence-electron chi connectivity index (χ1n) is 9.56. The standard InChI is InChI=1S/C25H18N2O3/c1-29-21-9-5-4-8-20(21)24(28)26-18-13-10-17(11-14-18)25-27-23-19-7-3-2-6-16(19)12-15-22(23)30-25/h2-15H,1H3,(H,26,28). The van der Waals surface area contributed by atoms with Crippen molar-refractivity contribution >= 4 is 33.5 Å². The van der Waals surface area contributed by atoms with Crippen molar-refractivity contribution in [2.75, 3.05) is 12.4 Å². The SMILES string of the molecule is COc1ccccc1C(=O)Nc1ccc(-c2nc3c(ccc4ccccc43)o2)cc1. The van der Waals surface area contributed by atoms with Crippen molar-refractivity contribution < 1.29 is 13.9 Å². The van der Waals surface area contributed by atoms with E-state index in [-0.39, 0.29) is 5.91 Å². The van der Waals surface area contributed by atoms with Crippen molar-refractivity contribution in [2.45, 2.75) is 0 Å². The second-order valence-corrected chi connectivity index (χ2v) is 6.88. The Bertz CT molecular complexity index is 1370. The third-order valence-corrected chi connectivity index (χ3v) is 5.02. The Labute approximate surface area is 172 Å². The van der Waals surface area contributed by atoms with Crippen LogP contribution in [0.15, 0.2) is 89.3 Å². The van der Waals surface area contributed by atoms with Gasteiger partial charge >= 0.3 is 0 Å². The number of amides is 1. The number of fused-ring (bicyclic) bond motifs is 3. The fraction of sp³-hybridized carbons (Fsp3) is 0.0400. The van der Waals surface area contributed by atoms with Crippen molar-refractivity contribution in [3.8, 4) is 17.2 Å². The first-order chi connectivity index (χ1) is 14.7. The number of oxazole rings is 1. The summed E-state index contributed by atoms with van der Waals surface area (Å²) in [5, 5.41) is 5.08. The van der Waals surface area contributed by atoms with Crippen molar-refractivity contribution in [3.05, 3.63) is 90.5 Å². The number of para-hydroxylation sites is 1. The summed E-state index contributed by atoms with van der Waals surface area (Å²) < 4.78 is 11.2. The van der Waals surface area contributed by atoms with Gasteiger partial charge in [0, 0.05) is 16.6 Å². The van der Waals surface area contributed by atoms with Gasteiger partial charge in [0.05, 0.1) is 12.7 Å². The maximum atomic E-state index is 12.6. The van der Waals surface area contributed by atoms with E-state index in [1.807, 2.05) is 60.7 Å². The Morgan fingerprint density at radius 2 is 1.67 bits per heavy atom. The zero-order valence-electron chi connectivity index (χ0n) is 16.3. The lowest BCUT2D eigenvalue weighted by molar-refractivity contribution is 0.102. The van der Waals surface area contributed by atoms with Crippen LogP contribution >= 0.6 is 0 Å². The van der Waals surface area contributed by atoms with Gasteiger partial charge in [0.1, 0.15) is 11.3 Å². The van der Waals surface area contributed by atoms with Crippen LogP contribution in [0.3, 0.4) is 0 Å². The molecule has 0 spiro atoms. The van der Waals surface area contributed by atoms with Gasteiger partial charge in [-0.05, 0) is 47.9 Å². The summed E-state index contributed by atoms with van der Waals surface area (Å²) in [6.45, 7) is 0. The molecule has 0 bridgehead atoms. The van der Waals surface area contributed by atoms with E-state index in [0.29, 0.717) is 22.9 Å². The normalized spacial score (nSPS) is 11.0. The van der Waals surface area contributed by atoms with E-state index in [1.54, 1.807) is 25.3 Å². The molecule has 1 aromatic heterocycles. The molecular weight excluding hydrogens is 376 g/mol. The molecule has 5 nitrogen and oxygen atoms in total. The Kier molecular flexibility index (Phi) is 4.41. The van der Waals surface area contributed by atoms with Gasteiger partial charge in [-0.25, -0.2) is 4.98 Å². The molecule has 0 saturated carbocycles. The van der Waals surface area contributed by atoms with Crippen LogP contribution in [-0.2, 0) is 0 Å². The van der Waals surface area contributed by atoms with Gasteiger partial charge in [-0.3, -0.25) is 4.79 Å². The van der Waals surface area contributed by atoms with Crippen molar-refractivity contribution in [1.29, 1.82) is 0 Å². The fourth-order valence-electron chi connectivity index (χ4n) is 3.51. The summed E-state index contributed by atoms with van der Waals surface area (Å²) in [6, 6.07) is 26.6. The van der Waals surface area contributed by atoms with E-state index in [4.69, 9.17) is 14.1 Å². The number of hydrogen-bond donors (Lipinski definition) is 1. The third kappa shape index (κ3) is 3.16. The molecule has 5 rings (SSSR count). The van der Waals surface area contributed by atoms with Crippen LogP contribution in [0.5, 0.6) is 5.75 Å². The molecule has 0 unspecified atom stereocenters. The summed E-state index contributed by atoms with van der Waals surface area (Å²) in [5.74, 6) is 0.850. The van der Waals surface area contributed by atoms with Gasteiger partial charge < -0.3 is 14.5 Å². The zero-order valence-corrected chi connectivity index (χ0v) is 16.3. The molecule has 0 radical (unpaired) electrons. The molecule has 30 heavy (non-hydrogen) atoms. The number of carbonyl (C=O) groups is 1. The van der Waals surface area contributed by atoms with E-state index in [0.717, 1.165) is 27.4 Å². The molecule has 1 heterocycles. The second-order valence-electron chi connectivity index (χ2n) is 6.88. The highest BCUT2D eigenvalue weighted by Gasteiger charge is 2.13. The summed E-state index contributed by atoms with van der Waals surface area (Å²) in [7, 11) is 1.55. The predicted molar refractivity (Wildman–Crippen MR) is 118 cm³/mol. The predicted octanol–water partition coefficient (Wildman–Crippen LogP) is 5.91. The first-order valence-corrected chi connectivity index (χ1v) is 9.56. The third-order valence-electron chi connectivity index (χ3n) is 5.02. The lowest BCUT2D eigenvalue weighted by atomic mass is 10.1. The number of ether oxygens (including phenoxy) is 1. The van der Waals surface area contributed by atoms with Crippen molar-refractivity contribution in [2.24, 2.45) is 0 Å². The van der Waals surface area contributed by atoms with Gasteiger partial charge in [0.15, 0.2) is 5.58 Å². The molecular formula is C25H18N2O3. The Hall–Kier alpha value is -4.12. The molecule has 1 amide bonds. The lowest BCUT2D eigenvalue weighted by Crippen LogP contribution is -2.12. The van der Waals surface area contributed by atoms with E-state index >= 15 is 0 Å². The average Bonchev–Trinajstić information content (AvgIpc) is 3.24. The van der Waals surface area contributed by atoms with Crippen molar-refractivity contribution in [3.63, 3.8) is 0 Å². The molecule has 146 valence electrons. The smallest absolute Gasteiger partial charge is 0.259 e. The summed E-state index contributed by atoms with van der Waals surface area (Å²) in [6.07, 6.45) is 0. The minimum Gasteiger partial charge on any atom is -0.496 e. The Morgan fingerprint density at radius 1 is 0.900 bits per heavy atom. The number of hydrogen-bond acceptors (Lipinski definition) is 4. The van der Waals surface area contributed by atoms with Gasteiger partial charge in [0.2, 0.25) is 5.89 Å². The van der Waals surface area contributed by atoms with E-state index in [9.17, 15) is 4.79 Å². The molecule has 0 saturated heterocycles. The number of carbonyl (C=O) groups excluding carboxylic acids is 1. The average molecular weight is 394 g/mol. The highest BCUT2D eigenvalue weighted by molar-refractivity contribution is 6.06. The number of rotatable bonds is 4. The fourth-order valence-corrected chi connectivity index (χ4v) is 3.51. The number of nitrogens with one attached hydrogen (secondary N) is 1. The molecule has 0 fully saturated rings. The lowest BCUT2D eigenvalue weighted by Gasteiger charge is -2.09. The Balaban J connectivity index is 1.42. The van der Waals surface area contributed by atoms with Crippen LogP contribution in [0.25, 0.3) is 33.3 Å². The quantitative estimate of drug-likeness (QED) is 0.412. The van der Waals surface area contributed by atoms with Crippen LogP contribution < -0.4 is 10.1 Å². The molecule has 0 aliphatic heterocycles. The number of nitrogens with zero attached hydrogens (tertiary/aromatic N) is 1. The molecule has 1 N–H and O–H groups in total. The monoisotopic (exact) mass is 394 g/mol. The van der Waals surface area contributed by atoms with Crippen LogP contribution in [0, 0.1) is 0 Å². The minimum absolute atomic E-state index is 0.228. The second kappa shape index (κ2) is 7.37. The number of anilines is 1. The number of aromatic nitrogens is 1. The van der Waals surface area contributed by atoms with Gasteiger partial charge in [-0.1, -0.05) is 42.5 Å². The van der Waals surface area contributed by atoms with Gasteiger partial charge in [-0.15, -0.1) is 0 Å². The topological polar surface area (TPSA) is 64.4 Å². The van der Waals surface area contributed by atoms with E-state index < -0.39 is 0 Å². The molecule has 0 aliphatic rings. The Morgan fingerprint density at radius 3 is 2.50 bits per heavy atom. The maximum absolute atomic E-state index is 12.6. The van der Waals surface area contributed by atoms with Crippen LogP contribution in [0.1, 0.15) is 10.4 Å². The molecule has 0 atom stereocenters. The molecule has 5 heteroatoms. The van der Waals surface area contributed by atoms with Crippen LogP contribution in [0.2, 0.25) is 0 Å². The largest absolute Gasteiger partial charge is 0.496 e. The molecule has 5 aromatic rings. The zero-order chi connectivity index (χ0) is 20.5. The highest BCUT2D eigenvalue weighted by Crippen LogP contribution is 2.30. The molecule has 4 aromatic carbocycles. The van der Waals surface area contributed by atoms with E-state index in [2.05, 4.69) is 11.4 Å². The first kappa shape index (κ1) is 17.9. The summed E-state index contributed by atoms with van der Waals surface area (Å²) >= 11 is 0. The minimum atomic E-state index is -0.228.